The molecule has 7 heteroatoms. The largest absolute Gasteiger partial charge is 0.353 e. The zero-order chi connectivity index (χ0) is 18.1. The molecule has 3 atom stereocenters. The number of halogens is 1. The maximum Gasteiger partial charge on any atom is 0.191 e. The van der Waals surface area contributed by atoms with E-state index in [0.717, 1.165) is 49.0 Å². The van der Waals surface area contributed by atoms with Gasteiger partial charge < -0.3 is 10.6 Å². The summed E-state index contributed by atoms with van der Waals surface area (Å²) < 4.78 is 16.0. The zero-order valence-corrected chi connectivity index (χ0v) is 15.2. The van der Waals surface area contributed by atoms with E-state index >= 15 is 0 Å². The predicted molar refractivity (Wildman–Crippen MR) is 98.7 cm³/mol. The summed E-state index contributed by atoms with van der Waals surface area (Å²) in [5.74, 6) is 2.79. The molecule has 2 aromatic rings. The zero-order valence-electron chi connectivity index (χ0n) is 15.2. The van der Waals surface area contributed by atoms with E-state index in [-0.39, 0.29) is 23.8 Å². The number of nitrogens with zero attached hydrogens (tertiary/aromatic N) is 4. The number of aryl methyl sites for hydroxylation is 2. The van der Waals surface area contributed by atoms with Gasteiger partial charge in [0, 0.05) is 31.0 Å². The first kappa shape index (κ1) is 17.0. The normalized spacial score (nSPS) is 24.9. The fraction of sp³-hybridized carbons (Fsp3) is 0.526. The third-order valence-corrected chi connectivity index (χ3v) is 5.04. The Labute approximate surface area is 152 Å². The van der Waals surface area contributed by atoms with Crippen molar-refractivity contribution in [2.24, 2.45) is 4.99 Å². The second-order valence-electron chi connectivity index (χ2n) is 7.07. The summed E-state index contributed by atoms with van der Waals surface area (Å²) in [7, 11) is 0. The van der Waals surface area contributed by atoms with E-state index in [0.29, 0.717) is 6.54 Å². The molecule has 2 aliphatic rings. The van der Waals surface area contributed by atoms with Crippen molar-refractivity contribution in [3.63, 3.8) is 0 Å². The van der Waals surface area contributed by atoms with Crippen LogP contribution in [-0.4, -0.2) is 39.4 Å². The maximum atomic E-state index is 14.0. The minimum absolute atomic E-state index is 0.120. The van der Waals surface area contributed by atoms with Gasteiger partial charge in [-0.05, 0) is 38.3 Å². The molecule has 1 aliphatic carbocycles. The van der Waals surface area contributed by atoms with Gasteiger partial charge in [-0.1, -0.05) is 18.2 Å². The summed E-state index contributed by atoms with van der Waals surface area (Å²) in [4.78, 5) is 9.02. The van der Waals surface area contributed by atoms with Crippen molar-refractivity contribution in [3.05, 3.63) is 47.3 Å². The van der Waals surface area contributed by atoms with Crippen molar-refractivity contribution in [1.82, 2.24) is 25.4 Å². The summed E-state index contributed by atoms with van der Waals surface area (Å²) in [5, 5.41) is 11.4. The summed E-state index contributed by atoms with van der Waals surface area (Å²) in [5.41, 5.74) is 0.793. The second-order valence-corrected chi connectivity index (χ2v) is 7.07. The predicted octanol–water partition coefficient (Wildman–Crippen LogP) is 2.15. The van der Waals surface area contributed by atoms with Crippen molar-refractivity contribution < 1.29 is 4.39 Å². The average Bonchev–Trinajstić information content (AvgIpc) is 3.26. The molecular formula is C19H25FN6. The topological polar surface area (TPSA) is 67.1 Å². The number of fused-ring (bicyclic) bond motifs is 1. The Morgan fingerprint density at radius 3 is 3.00 bits per heavy atom. The molecule has 1 fully saturated rings. The van der Waals surface area contributed by atoms with Crippen LogP contribution in [-0.2, 0) is 13.0 Å². The van der Waals surface area contributed by atoms with Gasteiger partial charge in [-0.25, -0.2) is 14.1 Å². The number of benzene rings is 1. The third kappa shape index (κ3) is 3.57. The van der Waals surface area contributed by atoms with Crippen LogP contribution in [0.15, 0.2) is 29.3 Å². The summed E-state index contributed by atoms with van der Waals surface area (Å²) in [6.07, 6.45) is 2.85. The quantitative estimate of drug-likeness (QED) is 0.651. The molecule has 138 valence electrons. The van der Waals surface area contributed by atoms with Crippen LogP contribution >= 0.6 is 0 Å². The Hall–Kier alpha value is -2.44. The minimum atomic E-state index is -0.120. The van der Waals surface area contributed by atoms with Gasteiger partial charge in [0.05, 0.1) is 6.54 Å². The maximum absolute atomic E-state index is 14.0. The standard InChI is InChI=1S/C19H25FN6/c1-3-21-19(23-13-8-9-18-22-12(2)25-26(18)11-13)24-17-10-15(17)14-6-4-5-7-16(14)20/h4-7,13,15,17H,3,8-11H2,1-2H3,(H2,21,23,24). The molecule has 1 aliphatic heterocycles. The van der Waals surface area contributed by atoms with Crippen LogP contribution in [0.2, 0.25) is 0 Å². The van der Waals surface area contributed by atoms with E-state index in [1.165, 1.54) is 6.07 Å². The number of rotatable bonds is 4. The van der Waals surface area contributed by atoms with Gasteiger partial charge in [-0.15, -0.1) is 0 Å². The minimum Gasteiger partial charge on any atom is -0.353 e. The highest BCUT2D eigenvalue weighted by atomic mass is 19.1. The molecule has 26 heavy (non-hydrogen) atoms. The number of guanidine groups is 1. The summed E-state index contributed by atoms with van der Waals surface area (Å²) in [6, 6.07) is 7.54. The fourth-order valence-electron chi connectivity index (χ4n) is 3.69. The highest BCUT2D eigenvalue weighted by Crippen LogP contribution is 2.41. The molecule has 4 rings (SSSR count). The summed E-state index contributed by atoms with van der Waals surface area (Å²) >= 11 is 0. The molecule has 6 nitrogen and oxygen atoms in total. The average molecular weight is 356 g/mol. The second kappa shape index (κ2) is 7.05. The van der Waals surface area contributed by atoms with E-state index in [9.17, 15) is 4.39 Å². The number of aliphatic imine (C=N–C) groups is 1. The summed E-state index contributed by atoms with van der Waals surface area (Å²) in [6.45, 7) is 5.44. The lowest BCUT2D eigenvalue weighted by Gasteiger charge is -2.25. The van der Waals surface area contributed by atoms with Crippen LogP contribution in [0, 0.1) is 12.7 Å². The molecule has 0 bridgehead atoms. The first-order valence-electron chi connectivity index (χ1n) is 9.36. The highest BCUT2D eigenvalue weighted by molar-refractivity contribution is 5.81. The SMILES string of the molecule is CCN=C(NC1CCc2nc(C)nn2C1)NC1CC1c1ccccc1F. The molecule has 0 spiro atoms. The fourth-order valence-corrected chi connectivity index (χ4v) is 3.69. The van der Waals surface area contributed by atoms with Crippen LogP contribution in [0.4, 0.5) is 4.39 Å². The van der Waals surface area contributed by atoms with E-state index in [2.05, 4.69) is 25.7 Å². The van der Waals surface area contributed by atoms with Gasteiger partial charge in [0.2, 0.25) is 0 Å². The van der Waals surface area contributed by atoms with Gasteiger partial charge in [-0.3, -0.25) is 4.99 Å². The van der Waals surface area contributed by atoms with Crippen molar-refractivity contribution in [2.45, 2.75) is 57.7 Å². The van der Waals surface area contributed by atoms with Gasteiger partial charge in [-0.2, -0.15) is 5.10 Å². The van der Waals surface area contributed by atoms with Gasteiger partial charge in [0.15, 0.2) is 5.96 Å². The first-order chi connectivity index (χ1) is 12.6. The lowest BCUT2D eigenvalue weighted by molar-refractivity contribution is 0.392. The van der Waals surface area contributed by atoms with Crippen LogP contribution in [0.5, 0.6) is 0 Å². The van der Waals surface area contributed by atoms with E-state index in [1.54, 1.807) is 6.07 Å². The molecule has 0 amide bonds. The monoisotopic (exact) mass is 356 g/mol. The molecule has 2 N–H and O–H groups in total. The Kier molecular flexibility index (Phi) is 4.61. The van der Waals surface area contributed by atoms with E-state index in [1.807, 2.05) is 30.7 Å². The van der Waals surface area contributed by atoms with Crippen molar-refractivity contribution in [2.75, 3.05) is 6.54 Å². The van der Waals surface area contributed by atoms with E-state index < -0.39 is 0 Å². The molecule has 0 radical (unpaired) electrons. The molecule has 0 saturated heterocycles. The number of aromatic nitrogens is 3. The van der Waals surface area contributed by atoms with Gasteiger partial charge >= 0.3 is 0 Å². The van der Waals surface area contributed by atoms with E-state index in [4.69, 9.17) is 0 Å². The van der Waals surface area contributed by atoms with Crippen molar-refractivity contribution in [3.8, 4) is 0 Å². The van der Waals surface area contributed by atoms with Gasteiger partial charge in [0.1, 0.15) is 17.5 Å². The Morgan fingerprint density at radius 2 is 2.19 bits per heavy atom. The Morgan fingerprint density at radius 1 is 1.35 bits per heavy atom. The lowest BCUT2D eigenvalue weighted by Crippen LogP contribution is -2.48. The number of nitrogens with one attached hydrogen (secondary N) is 2. The van der Waals surface area contributed by atoms with Gasteiger partial charge in [0.25, 0.3) is 0 Å². The Balaban J connectivity index is 1.37. The molecular weight excluding hydrogens is 331 g/mol. The lowest BCUT2D eigenvalue weighted by atomic mass is 10.1. The van der Waals surface area contributed by atoms with Crippen LogP contribution in [0.25, 0.3) is 0 Å². The van der Waals surface area contributed by atoms with Crippen LogP contribution in [0.1, 0.15) is 42.9 Å². The van der Waals surface area contributed by atoms with Crippen LogP contribution in [0.3, 0.4) is 0 Å². The number of hydrogen-bond donors (Lipinski definition) is 2. The third-order valence-electron chi connectivity index (χ3n) is 5.04. The van der Waals surface area contributed by atoms with Crippen molar-refractivity contribution >= 4 is 5.96 Å². The molecule has 1 saturated carbocycles. The van der Waals surface area contributed by atoms with Crippen LogP contribution < -0.4 is 10.6 Å². The molecule has 3 unspecified atom stereocenters. The Bertz CT molecular complexity index is 814. The molecule has 1 aromatic heterocycles. The van der Waals surface area contributed by atoms with Crippen molar-refractivity contribution in [1.29, 1.82) is 0 Å². The molecule has 1 aromatic carbocycles. The smallest absolute Gasteiger partial charge is 0.191 e. The first-order valence-corrected chi connectivity index (χ1v) is 9.36. The number of hydrogen-bond acceptors (Lipinski definition) is 3. The highest BCUT2D eigenvalue weighted by Gasteiger charge is 2.40. The molecule has 2 heterocycles.